The SMILES string of the molecule is CCN(CC1CCCO1)c1cccc(N)c1[N+](=O)[O-]. The molecule has 1 aromatic carbocycles. The lowest BCUT2D eigenvalue weighted by molar-refractivity contribution is -0.383. The number of nitrogens with two attached hydrogens (primary N) is 1. The van der Waals surface area contributed by atoms with Crippen LogP contribution in [0.25, 0.3) is 0 Å². The van der Waals surface area contributed by atoms with Crippen LogP contribution in [0.4, 0.5) is 17.1 Å². The molecule has 0 aliphatic carbocycles. The summed E-state index contributed by atoms with van der Waals surface area (Å²) in [6.45, 7) is 4.11. The van der Waals surface area contributed by atoms with Gasteiger partial charge in [0.25, 0.3) is 0 Å². The zero-order valence-corrected chi connectivity index (χ0v) is 11.0. The van der Waals surface area contributed by atoms with E-state index in [0.29, 0.717) is 18.8 Å². The molecule has 1 fully saturated rings. The van der Waals surface area contributed by atoms with Gasteiger partial charge in [-0.2, -0.15) is 0 Å². The minimum Gasteiger partial charge on any atom is -0.393 e. The molecule has 104 valence electrons. The summed E-state index contributed by atoms with van der Waals surface area (Å²) in [5.41, 5.74) is 6.49. The van der Waals surface area contributed by atoms with Crippen molar-refractivity contribution < 1.29 is 9.66 Å². The van der Waals surface area contributed by atoms with E-state index in [1.807, 2.05) is 11.8 Å². The summed E-state index contributed by atoms with van der Waals surface area (Å²) in [5.74, 6) is 0. The molecule has 6 nitrogen and oxygen atoms in total. The van der Waals surface area contributed by atoms with Gasteiger partial charge in [0.05, 0.1) is 11.0 Å². The van der Waals surface area contributed by atoms with Crippen molar-refractivity contribution in [3.8, 4) is 0 Å². The maximum atomic E-state index is 11.2. The molecule has 19 heavy (non-hydrogen) atoms. The second-order valence-electron chi connectivity index (χ2n) is 4.65. The van der Waals surface area contributed by atoms with E-state index in [0.717, 1.165) is 19.4 Å². The first kappa shape index (κ1) is 13.6. The lowest BCUT2D eigenvalue weighted by atomic mass is 10.1. The minimum absolute atomic E-state index is 0.0117. The Morgan fingerprint density at radius 1 is 1.58 bits per heavy atom. The molecule has 1 atom stereocenters. The van der Waals surface area contributed by atoms with Crippen LogP contribution >= 0.6 is 0 Å². The number of rotatable bonds is 5. The third-order valence-electron chi connectivity index (χ3n) is 3.40. The van der Waals surface area contributed by atoms with Crippen LogP contribution in [0.15, 0.2) is 18.2 Å². The van der Waals surface area contributed by atoms with Crippen LogP contribution in [0, 0.1) is 10.1 Å². The largest absolute Gasteiger partial charge is 0.393 e. The number of likely N-dealkylation sites (N-methyl/N-ethyl adjacent to an activating group) is 1. The Hall–Kier alpha value is -1.82. The summed E-state index contributed by atoms with van der Waals surface area (Å²) >= 11 is 0. The number of benzene rings is 1. The minimum atomic E-state index is -0.414. The summed E-state index contributed by atoms with van der Waals surface area (Å²) in [7, 11) is 0. The molecule has 0 saturated carbocycles. The molecule has 1 heterocycles. The zero-order valence-electron chi connectivity index (χ0n) is 11.0. The van der Waals surface area contributed by atoms with Gasteiger partial charge in [0.15, 0.2) is 0 Å². The molecule has 2 rings (SSSR count). The van der Waals surface area contributed by atoms with Gasteiger partial charge in [-0.25, -0.2) is 0 Å². The van der Waals surface area contributed by atoms with E-state index >= 15 is 0 Å². The number of ether oxygens (including phenoxy) is 1. The van der Waals surface area contributed by atoms with Gasteiger partial charge in [-0.3, -0.25) is 10.1 Å². The standard InChI is InChI=1S/C13H19N3O3/c1-2-15(9-10-5-4-8-19-10)12-7-3-6-11(14)13(12)16(17)18/h3,6-7,10H,2,4-5,8-9,14H2,1H3. The lowest BCUT2D eigenvalue weighted by Crippen LogP contribution is -2.32. The van der Waals surface area contributed by atoms with E-state index in [2.05, 4.69) is 0 Å². The average molecular weight is 265 g/mol. The molecular formula is C13H19N3O3. The third kappa shape index (κ3) is 2.96. The van der Waals surface area contributed by atoms with Gasteiger partial charge < -0.3 is 15.4 Å². The highest BCUT2D eigenvalue weighted by Gasteiger charge is 2.25. The predicted molar refractivity (Wildman–Crippen MR) is 74.4 cm³/mol. The summed E-state index contributed by atoms with van der Waals surface area (Å²) in [6, 6.07) is 5.05. The first-order valence-corrected chi connectivity index (χ1v) is 6.53. The number of hydrogen-bond donors (Lipinski definition) is 1. The number of hydrogen-bond acceptors (Lipinski definition) is 5. The maximum absolute atomic E-state index is 11.2. The predicted octanol–water partition coefficient (Wildman–Crippen LogP) is 2.18. The second-order valence-corrected chi connectivity index (χ2v) is 4.65. The molecular weight excluding hydrogens is 246 g/mol. The Labute approximate surface area is 112 Å². The normalized spacial score (nSPS) is 18.5. The highest BCUT2D eigenvalue weighted by atomic mass is 16.6. The van der Waals surface area contributed by atoms with E-state index in [4.69, 9.17) is 10.5 Å². The molecule has 0 spiro atoms. The zero-order chi connectivity index (χ0) is 13.8. The summed E-state index contributed by atoms with van der Waals surface area (Å²) in [5, 5.41) is 11.2. The van der Waals surface area contributed by atoms with Crippen molar-refractivity contribution in [3.63, 3.8) is 0 Å². The van der Waals surface area contributed by atoms with Crippen LogP contribution in [0.3, 0.4) is 0 Å². The number of nitro groups is 1. The Morgan fingerprint density at radius 3 is 2.95 bits per heavy atom. The van der Waals surface area contributed by atoms with Crippen LogP contribution < -0.4 is 10.6 Å². The van der Waals surface area contributed by atoms with E-state index < -0.39 is 4.92 Å². The van der Waals surface area contributed by atoms with E-state index in [1.165, 1.54) is 0 Å². The van der Waals surface area contributed by atoms with Gasteiger partial charge in [-0.15, -0.1) is 0 Å². The quantitative estimate of drug-likeness (QED) is 0.501. The number of nitrogens with zero attached hydrogens (tertiary/aromatic N) is 2. The van der Waals surface area contributed by atoms with E-state index in [9.17, 15) is 10.1 Å². The molecule has 2 N–H and O–H groups in total. The Morgan fingerprint density at radius 2 is 2.37 bits per heavy atom. The van der Waals surface area contributed by atoms with Crippen LogP contribution in [-0.4, -0.2) is 30.7 Å². The molecule has 1 aromatic rings. The van der Waals surface area contributed by atoms with Crippen LogP contribution in [0.1, 0.15) is 19.8 Å². The topological polar surface area (TPSA) is 81.6 Å². The van der Waals surface area contributed by atoms with Crippen molar-refractivity contribution in [1.29, 1.82) is 0 Å². The summed E-state index contributed by atoms with van der Waals surface area (Å²) < 4.78 is 5.59. The van der Waals surface area contributed by atoms with E-state index in [-0.39, 0.29) is 17.5 Å². The van der Waals surface area contributed by atoms with E-state index in [1.54, 1.807) is 18.2 Å². The lowest BCUT2D eigenvalue weighted by Gasteiger charge is -2.26. The fraction of sp³-hybridized carbons (Fsp3) is 0.538. The Kier molecular flexibility index (Phi) is 4.21. The number of anilines is 2. The van der Waals surface area contributed by atoms with Crippen molar-refractivity contribution in [1.82, 2.24) is 0 Å². The molecule has 1 saturated heterocycles. The third-order valence-corrected chi connectivity index (χ3v) is 3.40. The first-order chi connectivity index (χ1) is 9.13. The first-order valence-electron chi connectivity index (χ1n) is 6.53. The molecule has 6 heteroatoms. The monoisotopic (exact) mass is 265 g/mol. The molecule has 0 bridgehead atoms. The molecule has 0 amide bonds. The highest BCUT2D eigenvalue weighted by molar-refractivity contribution is 5.75. The van der Waals surface area contributed by atoms with Crippen LogP contribution in [-0.2, 0) is 4.74 Å². The van der Waals surface area contributed by atoms with Crippen molar-refractivity contribution >= 4 is 17.1 Å². The number of nitrogen functional groups attached to an aromatic ring is 1. The summed E-state index contributed by atoms with van der Waals surface area (Å²) in [6.07, 6.45) is 2.22. The second kappa shape index (κ2) is 5.88. The van der Waals surface area contributed by atoms with Crippen molar-refractivity contribution in [2.75, 3.05) is 30.3 Å². The summed E-state index contributed by atoms with van der Waals surface area (Å²) in [4.78, 5) is 12.7. The fourth-order valence-electron chi connectivity index (χ4n) is 2.43. The highest BCUT2D eigenvalue weighted by Crippen LogP contribution is 2.34. The van der Waals surface area contributed by atoms with Gasteiger partial charge >= 0.3 is 5.69 Å². The maximum Gasteiger partial charge on any atom is 0.315 e. The fourth-order valence-corrected chi connectivity index (χ4v) is 2.43. The number of nitro benzene ring substituents is 1. The average Bonchev–Trinajstić information content (AvgIpc) is 2.88. The van der Waals surface area contributed by atoms with Gasteiger partial charge in [0, 0.05) is 19.7 Å². The molecule has 0 aromatic heterocycles. The van der Waals surface area contributed by atoms with Crippen molar-refractivity contribution in [2.45, 2.75) is 25.9 Å². The van der Waals surface area contributed by atoms with Gasteiger partial charge in [-0.05, 0) is 31.9 Å². The molecule has 1 unspecified atom stereocenters. The number of para-hydroxylation sites is 1. The molecule has 1 aliphatic rings. The smallest absolute Gasteiger partial charge is 0.315 e. The van der Waals surface area contributed by atoms with Gasteiger partial charge in [0.2, 0.25) is 0 Å². The van der Waals surface area contributed by atoms with Gasteiger partial charge in [0.1, 0.15) is 11.4 Å². The Balaban J connectivity index is 2.26. The van der Waals surface area contributed by atoms with Crippen LogP contribution in [0.2, 0.25) is 0 Å². The van der Waals surface area contributed by atoms with Gasteiger partial charge in [-0.1, -0.05) is 6.07 Å². The van der Waals surface area contributed by atoms with Crippen molar-refractivity contribution in [3.05, 3.63) is 28.3 Å². The molecule has 0 radical (unpaired) electrons. The van der Waals surface area contributed by atoms with Crippen molar-refractivity contribution in [2.24, 2.45) is 0 Å². The Bertz CT molecular complexity index is 458. The van der Waals surface area contributed by atoms with Crippen LogP contribution in [0.5, 0.6) is 0 Å². The molecule has 1 aliphatic heterocycles.